The molecule has 0 spiro atoms. The number of aromatic nitrogens is 1. The van der Waals surface area contributed by atoms with Crippen LogP contribution in [0.25, 0.3) is 43.6 Å². The Morgan fingerprint density at radius 2 is 1.25 bits per heavy atom. The Kier molecular flexibility index (Phi) is 4.64. The Labute approximate surface area is 191 Å². The fourth-order valence-corrected chi connectivity index (χ4v) is 4.63. The minimum absolute atomic E-state index is 0.0908. The van der Waals surface area contributed by atoms with Gasteiger partial charge < -0.3 is 0 Å². The van der Waals surface area contributed by atoms with Gasteiger partial charge in [-0.15, -0.1) is 0 Å². The van der Waals surface area contributed by atoms with Crippen molar-refractivity contribution in [3.05, 3.63) is 90.1 Å². The van der Waals surface area contributed by atoms with Crippen molar-refractivity contribution in [3.63, 3.8) is 0 Å². The molecule has 1 aromatic heterocycles. The normalized spacial score (nSPS) is 12.7. The van der Waals surface area contributed by atoms with Crippen molar-refractivity contribution in [2.45, 2.75) is 52.4 Å². The summed E-state index contributed by atoms with van der Waals surface area (Å²) >= 11 is 0. The smallest absolute Gasteiger partial charge is 0.0721 e. The van der Waals surface area contributed by atoms with E-state index in [0.717, 1.165) is 5.52 Å². The van der Waals surface area contributed by atoms with Crippen molar-refractivity contribution >= 4 is 32.4 Å². The van der Waals surface area contributed by atoms with E-state index in [1.165, 1.54) is 49.2 Å². The summed E-state index contributed by atoms with van der Waals surface area (Å²) in [6, 6.07) is 26.9. The summed E-state index contributed by atoms with van der Waals surface area (Å²) in [5.41, 5.74) is 6.48. The number of rotatable bonds is 1. The zero-order valence-corrected chi connectivity index (χ0v) is 20.0. The second-order valence-corrected chi connectivity index (χ2v) is 11.0. The lowest BCUT2D eigenvalue weighted by Crippen LogP contribution is -2.11. The molecule has 0 aliphatic carbocycles. The molecule has 0 atom stereocenters. The quantitative estimate of drug-likeness (QED) is 0.248. The molecule has 0 bridgehead atoms. The third-order valence-electron chi connectivity index (χ3n) is 6.62. The van der Waals surface area contributed by atoms with Crippen LogP contribution in [0, 0.1) is 0 Å². The van der Waals surface area contributed by atoms with E-state index in [1.807, 2.05) is 6.20 Å². The predicted molar refractivity (Wildman–Crippen MR) is 140 cm³/mol. The Balaban J connectivity index is 1.88. The van der Waals surface area contributed by atoms with Crippen molar-refractivity contribution < 1.29 is 0 Å². The number of nitrogens with zero attached hydrogens (tertiary/aromatic N) is 1. The molecule has 0 fully saturated rings. The van der Waals surface area contributed by atoms with Crippen LogP contribution in [0.2, 0.25) is 0 Å². The number of pyridine rings is 1. The first-order valence-electron chi connectivity index (χ1n) is 11.5. The predicted octanol–water partition coefficient (Wildman–Crippen LogP) is 8.80. The SMILES string of the molecule is CC(C)(C)c1ccc(-c2cc3ncc4ccccc4c3c3ccc(C(C)(C)C)cc23)cc1. The van der Waals surface area contributed by atoms with Crippen LogP contribution in [0.1, 0.15) is 52.7 Å². The van der Waals surface area contributed by atoms with Gasteiger partial charge >= 0.3 is 0 Å². The van der Waals surface area contributed by atoms with Gasteiger partial charge in [-0.2, -0.15) is 0 Å². The highest BCUT2D eigenvalue weighted by atomic mass is 14.6. The van der Waals surface area contributed by atoms with Crippen LogP contribution < -0.4 is 0 Å². The topological polar surface area (TPSA) is 12.9 Å². The highest BCUT2D eigenvalue weighted by molar-refractivity contribution is 6.22. The van der Waals surface area contributed by atoms with Gasteiger partial charge in [-0.3, -0.25) is 4.98 Å². The molecule has 4 aromatic carbocycles. The van der Waals surface area contributed by atoms with Crippen LogP contribution in [-0.4, -0.2) is 4.98 Å². The van der Waals surface area contributed by atoms with Gasteiger partial charge in [0.05, 0.1) is 5.52 Å². The van der Waals surface area contributed by atoms with Gasteiger partial charge in [0.25, 0.3) is 0 Å². The molecule has 1 nitrogen and oxygen atoms in total. The molecule has 32 heavy (non-hydrogen) atoms. The average Bonchev–Trinajstić information content (AvgIpc) is 2.76. The standard InChI is InChI=1S/C31H31N/c1-30(2,3)22-13-11-20(12-14-22)26-18-28-29(24-10-8-7-9-21(24)19-32-28)25-16-15-23(17-27(25)26)31(4,5)6/h7-19H,1-6H3. The number of hydrogen-bond donors (Lipinski definition) is 0. The van der Waals surface area contributed by atoms with Crippen molar-refractivity contribution in [1.82, 2.24) is 4.98 Å². The van der Waals surface area contributed by atoms with Gasteiger partial charge in [-0.25, -0.2) is 0 Å². The Bertz CT molecular complexity index is 1460. The van der Waals surface area contributed by atoms with Crippen LogP contribution in [0.5, 0.6) is 0 Å². The van der Waals surface area contributed by atoms with Gasteiger partial charge in [0.15, 0.2) is 0 Å². The van der Waals surface area contributed by atoms with Crippen LogP contribution in [0.3, 0.4) is 0 Å². The number of hydrogen-bond acceptors (Lipinski definition) is 1. The fourth-order valence-electron chi connectivity index (χ4n) is 4.63. The molecule has 0 saturated carbocycles. The largest absolute Gasteiger partial charge is 0.256 e. The van der Waals surface area contributed by atoms with Gasteiger partial charge in [0.2, 0.25) is 0 Å². The maximum Gasteiger partial charge on any atom is 0.0721 e. The summed E-state index contributed by atoms with van der Waals surface area (Å²) in [4.78, 5) is 4.87. The van der Waals surface area contributed by atoms with Gasteiger partial charge in [0.1, 0.15) is 0 Å². The van der Waals surface area contributed by atoms with Gasteiger partial charge in [0, 0.05) is 17.0 Å². The Morgan fingerprint density at radius 3 is 1.94 bits per heavy atom. The molecule has 0 radical (unpaired) electrons. The highest BCUT2D eigenvalue weighted by Crippen LogP contribution is 2.39. The molecular formula is C31H31N. The third kappa shape index (κ3) is 3.46. The average molecular weight is 418 g/mol. The monoisotopic (exact) mass is 417 g/mol. The fraction of sp³-hybridized carbons (Fsp3) is 0.258. The molecule has 5 rings (SSSR count). The zero-order valence-electron chi connectivity index (χ0n) is 20.0. The molecule has 160 valence electrons. The van der Waals surface area contributed by atoms with E-state index in [2.05, 4.69) is 114 Å². The lowest BCUT2D eigenvalue weighted by molar-refractivity contribution is 0.590. The van der Waals surface area contributed by atoms with Crippen LogP contribution >= 0.6 is 0 Å². The van der Waals surface area contributed by atoms with Crippen LogP contribution in [0.4, 0.5) is 0 Å². The summed E-state index contributed by atoms with van der Waals surface area (Å²) in [6.45, 7) is 13.6. The second kappa shape index (κ2) is 7.17. The number of fused-ring (bicyclic) bond motifs is 5. The van der Waals surface area contributed by atoms with E-state index >= 15 is 0 Å². The minimum atomic E-state index is 0.0908. The Morgan fingerprint density at radius 1 is 0.594 bits per heavy atom. The van der Waals surface area contributed by atoms with Crippen LogP contribution in [0.15, 0.2) is 79.0 Å². The number of benzene rings is 4. The maximum absolute atomic E-state index is 4.87. The molecule has 0 saturated heterocycles. The minimum Gasteiger partial charge on any atom is -0.256 e. The molecule has 0 aliphatic heterocycles. The van der Waals surface area contributed by atoms with E-state index in [9.17, 15) is 0 Å². The van der Waals surface area contributed by atoms with E-state index < -0.39 is 0 Å². The first-order chi connectivity index (χ1) is 15.1. The van der Waals surface area contributed by atoms with Crippen LogP contribution in [-0.2, 0) is 10.8 Å². The van der Waals surface area contributed by atoms with Crippen molar-refractivity contribution in [1.29, 1.82) is 0 Å². The van der Waals surface area contributed by atoms with Crippen molar-refractivity contribution in [2.24, 2.45) is 0 Å². The molecular weight excluding hydrogens is 386 g/mol. The van der Waals surface area contributed by atoms with Crippen molar-refractivity contribution in [2.75, 3.05) is 0 Å². The third-order valence-corrected chi connectivity index (χ3v) is 6.62. The first kappa shape index (κ1) is 20.7. The molecule has 0 aliphatic rings. The molecule has 1 heteroatoms. The molecule has 0 unspecified atom stereocenters. The summed E-state index contributed by atoms with van der Waals surface area (Å²) in [5.74, 6) is 0. The van der Waals surface area contributed by atoms with Crippen molar-refractivity contribution in [3.8, 4) is 11.1 Å². The second-order valence-electron chi connectivity index (χ2n) is 11.0. The van der Waals surface area contributed by atoms with E-state index in [0.29, 0.717) is 0 Å². The zero-order chi connectivity index (χ0) is 22.7. The summed E-state index contributed by atoms with van der Waals surface area (Å²) in [6.07, 6.45) is 2.00. The Hall–Kier alpha value is -3.19. The van der Waals surface area contributed by atoms with E-state index in [-0.39, 0.29) is 10.8 Å². The molecule has 5 aromatic rings. The van der Waals surface area contributed by atoms with Gasteiger partial charge in [-0.05, 0) is 61.4 Å². The summed E-state index contributed by atoms with van der Waals surface area (Å²) in [7, 11) is 0. The summed E-state index contributed by atoms with van der Waals surface area (Å²) < 4.78 is 0. The first-order valence-corrected chi connectivity index (χ1v) is 11.5. The maximum atomic E-state index is 4.87. The van der Waals surface area contributed by atoms with Gasteiger partial charge in [-0.1, -0.05) is 102 Å². The molecule has 1 heterocycles. The van der Waals surface area contributed by atoms with E-state index in [4.69, 9.17) is 4.98 Å². The lowest BCUT2D eigenvalue weighted by atomic mass is 9.83. The lowest BCUT2D eigenvalue weighted by Gasteiger charge is -2.22. The summed E-state index contributed by atoms with van der Waals surface area (Å²) in [5, 5.41) is 6.26. The molecule has 0 N–H and O–H groups in total. The van der Waals surface area contributed by atoms with E-state index in [1.54, 1.807) is 0 Å². The highest BCUT2D eigenvalue weighted by Gasteiger charge is 2.18. The molecule has 0 amide bonds.